The summed E-state index contributed by atoms with van der Waals surface area (Å²) in [5, 5.41) is 3.24. The third-order valence-corrected chi connectivity index (χ3v) is 3.82. The fraction of sp³-hybridized carbons (Fsp3) is 0.533. The van der Waals surface area contributed by atoms with E-state index in [2.05, 4.69) is 15.2 Å². The van der Waals surface area contributed by atoms with E-state index in [0.717, 1.165) is 44.1 Å². The maximum absolute atomic E-state index is 14.2. The molecule has 0 bridgehead atoms. The summed E-state index contributed by atoms with van der Waals surface area (Å²) in [5.41, 5.74) is 1.65. The summed E-state index contributed by atoms with van der Waals surface area (Å²) in [4.78, 5) is 6.75. The number of nitrogens with one attached hydrogen (secondary N) is 1. The highest BCUT2D eigenvalue weighted by atomic mass is 19.1. The molecule has 1 aromatic rings. The molecule has 2 aliphatic rings. The van der Waals surface area contributed by atoms with Crippen LogP contribution < -0.4 is 10.2 Å². The van der Waals surface area contributed by atoms with Crippen molar-refractivity contribution in [2.75, 3.05) is 31.1 Å². The Balaban J connectivity index is 1.98. The fourth-order valence-corrected chi connectivity index (χ4v) is 2.85. The number of benzene rings is 1. The van der Waals surface area contributed by atoms with Crippen LogP contribution in [0.2, 0.25) is 0 Å². The van der Waals surface area contributed by atoms with E-state index in [0.29, 0.717) is 5.56 Å². The molecule has 2 heterocycles. The zero-order valence-electron chi connectivity index (χ0n) is 11.2. The molecule has 0 unspecified atom stereocenters. The Morgan fingerprint density at radius 2 is 1.95 bits per heavy atom. The number of anilines is 1. The van der Waals surface area contributed by atoms with Crippen molar-refractivity contribution >= 4 is 11.5 Å². The Bertz CT molecular complexity index is 478. The number of nitrogens with zero attached hydrogens (tertiary/aromatic N) is 2. The van der Waals surface area contributed by atoms with Gasteiger partial charge in [0.1, 0.15) is 11.7 Å². The molecular weight excluding hydrogens is 241 g/mol. The summed E-state index contributed by atoms with van der Waals surface area (Å²) in [6, 6.07) is 5.34. The van der Waals surface area contributed by atoms with E-state index in [1.165, 1.54) is 25.3 Å². The monoisotopic (exact) mass is 261 g/mol. The van der Waals surface area contributed by atoms with Crippen molar-refractivity contribution in [1.82, 2.24) is 5.32 Å². The molecular formula is C15H20FN3. The molecule has 0 amide bonds. The van der Waals surface area contributed by atoms with Crippen LogP contribution in [-0.4, -0.2) is 32.0 Å². The number of hydrogen-bond acceptors (Lipinski definition) is 3. The maximum atomic E-state index is 14.2. The zero-order chi connectivity index (χ0) is 13.1. The van der Waals surface area contributed by atoms with Gasteiger partial charge in [0.15, 0.2) is 0 Å². The molecule has 0 saturated carbocycles. The standard InChI is InChI=1S/C15H20FN3/c16-12-6-4-7-13(19-10-2-1-3-11-19)14(12)15-17-8-5-9-18-15/h4,6-7H,1-3,5,8-11H2,(H,17,18). The van der Waals surface area contributed by atoms with E-state index in [1.807, 2.05) is 6.07 Å². The Hall–Kier alpha value is -1.58. The molecule has 102 valence electrons. The summed E-state index contributed by atoms with van der Waals surface area (Å²) >= 11 is 0. The summed E-state index contributed by atoms with van der Waals surface area (Å²) in [5.74, 6) is 0.557. The molecule has 3 nitrogen and oxygen atoms in total. The minimum absolute atomic E-state index is 0.170. The van der Waals surface area contributed by atoms with Gasteiger partial charge in [-0.05, 0) is 37.8 Å². The van der Waals surface area contributed by atoms with E-state index in [1.54, 1.807) is 6.07 Å². The van der Waals surface area contributed by atoms with Gasteiger partial charge in [-0.3, -0.25) is 4.99 Å². The van der Waals surface area contributed by atoms with Gasteiger partial charge in [0.2, 0.25) is 0 Å². The van der Waals surface area contributed by atoms with Gasteiger partial charge in [0, 0.05) is 26.2 Å². The minimum Gasteiger partial charge on any atom is -0.371 e. The SMILES string of the molecule is Fc1cccc(N2CCCCC2)c1C1=NCCCN1. The Morgan fingerprint density at radius 3 is 2.68 bits per heavy atom. The lowest BCUT2D eigenvalue weighted by atomic mass is 10.1. The lowest BCUT2D eigenvalue weighted by Crippen LogP contribution is -2.35. The second kappa shape index (κ2) is 5.59. The molecule has 19 heavy (non-hydrogen) atoms. The molecule has 0 aliphatic carbocycles. The van der Waals surface area contributed by atoms with E-state index in [4.69, 9.17) is 0 Å². The van der Waals surface area contributed by atoms with Crippen LogP contribution in [0, 0.1) is 5.82 Å². The van der Waals surface area contributed by atoms with Crippen LogP contribution in [0.5, 0.6) is 0 Å². The lowest BCUT2D eigenvalue weighted by Gasteiger charge is -2.31. The van der Waals surface area contributed by atoms with Crippen molar-refractivity contribution in [3.8, 4) is 0 Å². The first kappa shape index (κ1) is 12.5. The first-order valence-electron chi connectivity index (χ1n) is 7.18. The van der Waals surface area contributed by atoms with Gasteiger partial charge in [0.25, 0.3) is 0 Å². The molecule has 1 saturated heterocycles. The van der Waals surface area contributed by atoms with E-state index in [9.17, 15) is 4.39 Å². The molecule has 0 radical (unpaired) electrons. The molecule has 1 N–H and O–H groups in total. The molecule has 4 heteroatoms. The number of piperidine rings is 1. The van der Waals surface area contributed by atoms with E-state index >= 15 is 0 Å². The van der Waals surface area contributed by atoms with Gasteiger partial charge in [-0.1, -0.05) is 6.07 Å². The molecule has 3 rings (SSSR count). The Kier molecular flexibility index (Phi) is 3.67. The Morgan fingerprint density at radius 1 is 1.11 bits per heavy atom. The normalized spacial score (nSPS) is 19.8. The smallest absolute Gasteiger partial charge is 0.136 e. The number of aliphatic imine (C=N–C) groups is 1. The van der Waals surface area contributed by atoms with Gasteiger partial charge in [-0.2, -0.15) is 0 Å². The molecule has 1 fully saturated rings. The van der Waals surface area contributed by atoms with Gasteiger partial charge in [-0.15, -0.1) is 0 Å². The largest absolute Gasteiger partial charge is 0.371 e. The predicted molar refractivity (Wildman–Crippen MR) is 76.5 cm³/mol. The van der Waals surface area contributed by atoms with E-state index in [-0.39, 0.29) is 5.82 Å². The molecule has 0 aromatic heterocycles. The number of hydrogen-bond donors (Lipinski definition) is 1. The summed E-state index contributed by atoms with van der Waals surface area (Å²) in [6.45, 7) is 3.70. The average Bonchev–Trinajstić information content (AvgIpc) is 2.49. The zero-order valence-corrected chi connectivity index (χ0v) is 11.2. The summed E-state index contributed by atoms with van der Waals surface area (Å²) in [6.07, 6.45) is 4.68. The van der Waals surface area contributed by atoms with Crippen LogP contribution >= 0.6 is 0 Å². The first-order chi connectivity index (χ1) is 9.36. The van der Waals surface area contributed by atoms with Crippen molar-refractivity contribution in [2.24, 2.45) is 4.99 Å². The van der Waals surface area contributed by atoms with E-state index < -0.39 is 0 Å². The third-order valence-electron chi connectivity index (χ3n) is 3.82. The lowest BCUT2D eigenvalue weighted by molar-refractivity contribution is 0.572. The maximum Gasteiger partial charge on any atom is 0.136 e. The quantitative estimate of drug-likeness (QED) is 0.886. The van der Waals surface area contributed by atoms with Crippen LogP contribution in [0.15, 0.2) is 23.2 Å². The number of amidine groups is 1. The third kappa shape index (κ3) is 2.57. The van der Waals surface area contributed by atoms with Crippen LogP contribution in [-0.2, 0) is 0 Å². The predicted octanol–water partition coefficient (Wildman–Crippen LogP) is 2.56. The summed E-state index contributed by atoms with van der Waals surface area (Å²) < 4.78 is 14.2. The fourth-order valence-electron chi connectivity index (χ4n) is 2.85. The number of rotatable bonds is 2. The van der Waals surface area contributed by atoms with Crippen LogP contribution in [0.3, 0.4) is 0 Å². The minimum atomic E-state index is -0.170. The second-order valence-corrected chi connectivity index (χ2v) is 5.19. The van der Waals surface area contributed by atoms with Gasteiger partial charge < -0.3 is 10.2 Å². The van der Waals surface area contributed by atoms with Crippen molar-refractivity contribution in [1.29, 1.82) is 0 Å². The van der Waals surface area contributed by atoms with Crippen molar-refractivity contribution < 1.29 is 4.39 Å². The van der Waals surface area contributed by atoms with Crippen LogP contribution in [0.1, 0.15) is 31.2 Å². The molecule has 0 atom stereocenters. The highest BCUT2D eigenvalue weighted by Gasteiger charge is 2.21. The van der Waals surface area contributed by atoms with Crippen LogP contribution in [0.25, 0.3) is 0 Å². The number of halogens is 1. The van der Waals surface area contributed by atoms with Gasteiger partial charge >= 0.3 is 0 Å². The van der Waals surface area contributed by atoms with Crippen molar-refractivity contribution in [3.63, 3.8) is 0 Å². The molecule has 0 spiro atoms. The van der Waals surface area contributed by atoms with Crippen molar-refractivity contribution in [3.05, 3.63) is 29.6 Å². The van der Waals surface area contributed by atoms with Gasteiger partial charge in [-0.25, -0.2) is 4.39 Å². The highest BCUT2D eigenvalue weighted by molar-refractivity contribution is 6.04. The topological polar surface area (TPSA) is 27.6 Å². The van der Waals surface area contributed by atoms with Crippen LogP contribution in [0.4, 0.5) is 10.1 Å². The van der Waals surface area contributed by atoms with Crippen molar-refractivity contribution in [2.45, 2.75) is 25.7 Å². The average molecular weight is 261 g/mol. The second-order valence-electron chi connectivity index (χ2n) is 5.19. The highest BCUT2D eigenvalue weighted by Crippen LogP contribution is 2.27. The van der Waals surface area contributed by atoms with Gasteiger partial charge in [0.05, 0.1) is 11.3 Å². The Labute approximate surface area is 113 Å². The molecule has 2 aliphatic heterocycles. The molecule has 1 aromatic carbocycles. The first-order valence-corrected chi connectivity index (χ1v) is 7.18. The summed E-state index contributed by atoms with van der Waals surface area (Å²) in [7, 11) is 0.